The van der Waals surface area contributed by atoms with Crippen molar-refractivity contribution in [3.63, 3.8) is 0 Å². The fourth-order valence-electron chi connectivity index (χ4n) is 3.31. The molecule has 0 saturated carbocycles. The number of halogens is 5. The number of sulfonamides is 1. The Labute approximate surface area is 191 Å². The smallest absolute Gasteiger partial charge is 0.288 e. The van der Waals surface area contributed by atoms with E-state index in [0.717, 1.165) is 15.9 Å². The highest BCUT2D eigenvalue weighted by Crippen LogP contribution is 2.35. The Morgan fingerprint density at radius 3 is 2.39 bits per heavy atom. The summed E-state index contributed by atoms with van der Waals surface area (Å²) in [6.45, 7) is 1.33. The molecule has 33 heavy (non-hydrogen) atoms. The lowest BCUT2D eigenvalue weighted by Crippen LogP contribution is -2.31. The van der Waals surface area contributed by atoms with Crippen LogP contribution in [0.5, 0.6) is 0 Å². The Kier molecular flexibility index (Phi) is 5.83. The van der Waals surface area contributed by atoms with Crippen LogP contribution < -0.4 is 4.31 Å². The number of nitrogens with zero attached hydrogens (tertiary/aromatic N) is 3. The van der Waals surface area contributed by atoms with Gasteiger partial charge in [0.05, 0.1) is 17.0 Å². The number of aryl methyl sites for hydroxylation is 1. The molecule has 2 aromatic heterocycles. The van der Waals surface area contributed by atoms with Crippen LogP contribution in [-0.4, -0.2) is 17.8 Å². The van der Waals surface area contributed by atoms with Crippen molar-refractivity contribution in [1.29, 1.82) is 0 Å². The van der Waals surface area contributed by atoms with Gasteiger partial charge >= 0.3 is 6.18 Å². The highest BCUT2D eigenvalue weighted by atomic mass is 35.5. The summed E-state index contributed by atoms with van der Waals surface area (Å²) in [5.41, 5.74) is -0.239. The second-order valence-corrected chi connectivity index (χ2v) is 9.52. The van der Waals surface area contributed by atoms with Crippen LogP contribution in [-0.2, 0) is 22.7 Å². The molecule has 11 heteroatoms. The fourth-order valence-corrected chi connectivity index (χ4v) is 5.07. The van der Waals surface area contributed by atoms with Crippen LogP contribution in [0.4, 0.5) is 23.4 Å². The van der Waals surface area contributed by atoms with Crippen molar-refractivity contribution in [1.82, 2.24) is 9.38 Å². The minimum Gasteiger partial charge on any atom is -0.288 e. The van der Waals surface area contributed by atoms with E-state index >= 15 is 0 Å². The van der Waals surface area contributed by atoms with E-state index in [-0.39, 0.29) is 21.4 Å². The van der Waals surface area contributed by atoms with Gasteiger partial charge in [0.15, 0.2) is 11.0 Å². The van der Waals surface area contributed by atoms with E-state index < -0.39 is 34.1 Å². The van der Waals surface area contributed by atoms with E-state index in [9.17, 15) is 26.0 Å². The van der Waals surface area contributed by atoms with Crippen LogP contribution in [0.2, 0.25) is 5.15 Å². The quantitative estimate of drug-likeness (QED) is 0.325. The standard InChI is InChI=1S/C22H16ClF4N3O2S/c1-14-7-10-19-28-21(20(23)29(19)12-14)30(33(31,32)16-5-3-2-4-6-16)13-15-8-9-17(18(24)11-15)22(25,26)27/h2-12H,13H2,1H3. The molecule has 0 N–H and O–H groups in total. The molecule has 0 aliphatic carbocycles. The molecule has 5 nitrogen and oxygen atoms in total. The summed E-state index contributed by atoms with van der Waals surface area (Å²) in [7, 11) is -4.26. The first kappa shape index (κ1) is 23.1. The normalized spacial score (nSPS) is 12.3. The molecular formula is C22H16ClF4N3O2S. The molecule has 4 rings (SSSR count). The summed E-state index contributed by atoms with van der Waals surface area (Å²) in [5.74, 6) is -1.64. The van der Waals surface area contributed by atoms with Gasteiger partial charge in [-0.1, -0.05) is 41.9 Å². The van der Waals surface area contributed by atoms with E-state index in [1.807, 2.05) is 6.92 Å². The second kappa shape index (κ2) is 8.35. The number of anilines is 1. The van der Waals surface area contributed by atoms with Crippen molar-refractivity contribution in [2.24, 2.45) is 0 Å². The zero-order valence-electron chi connectivity index (χ0n) is 17.0. The molecule has 2 aromatic carbocycles. The first-order valence-corrected chi connectivity index (χ1v) is 11.4. The summed E-state index contributed by atoms with van der Waals surface area (Å²) in [6.07, 6.45) is -3.21. The molecule has 0 atom stereocenters. The van der Waals surface area contributed by atoms with E-state index in [1.54, 1.807) is 24.4 Å². The molecule has 0 amide bonds. The number of benzene rings is 2. The van der Waals surface area contributed by atoms with E-state index in [2.05, 4.69) is 4.98 Å². The van der Waals surface area contributed by atoms with Crippen LogP contribution in [0.3, 0.4) is 0 Å². The molecule has 0 unspecified atom stereocenters. The molecule has 0 fully saturated rings. The monoisotopic (exact) mass is 497 g/mol. The molecule has 2 heterocycles. The van der Waals surface area contributed by atoms with Crippen LogP contribution in [0.1, 0.15) is 16.7 Å². The number of pyridine rings is 1. The van der Waals surface area contributed by atoms with Gasteiger partial charge in [0.2, 0.25) is 0 Å². The predicted octanol–water partition coefficient (Wildman–Crippen LogP) is 5.85. The summed E-state index contributed by atoms with van der Waals surface area (Å²) < 4.78 is 82.3. The number of alkyl halides is 3. The topological polar surface area (TPSA) is 54.7 Å². The third-order valence-electron chi connectivity index (χ3n) is 4.92. The summed E-state index contributed by atoms with van der Waals surface area (Å²) in [4.78, 5) is 4.24. The van der Waals surface area contributed by atoms with Crippen LogP contribution in [0, 0.1) is 12.7 Å². The number of rotatable bonds is 5. The second-order valence-electron chi connectivity index (χ2n) is 7.30. The first-order valence-electron chi connectivity index (χ1n) is 9.56. The lowest BCUT2D eigenvalue weighted by Gasteiger charge is -2.23. The first-order chi connectivity index (χ1) is 15.5. The molecule has 4 aromatic rings. The number of hydrogen-bond acceptors (Lipinski definition) is 3. The lowest BCUT2D eigenvalue weighted by atomic mass is 10.1. The van der Waals surface area contributed by atoms with Crippen LogP contribution >= 0.6 is 11.6 Å². The SMILES string of the molecule is Cc1ccc2nc(N(Cc3ccc(C(F)(F)F)c(F)c3)S(=O)(=O)c3ccccc3)c(Cl)n2c1. The minimum absolute atomic E-state index is 0.00990. The highest BCUT2D eigenvalue weighted by Gasteiger charge is 2.35. The third-order valence-corrected chi connectivity index (χ3v) is 7.03. The van der Waals surface area contributed by atoms with E-state index in [4.69, 9.17) is 11.6 Å². The van der Waals surface area contributed by atoms with E-state index in [1.165, 1.54) is 28.7 Å². The van der Waals surface area contributed by atoms with Crippen molar-refractivity contribution < 1.29 is 26.0 Å². The van der Waals surface area contributed by atoms with Crippen LogP contribution in [0.15, 0.2) is 71.8 Å². The number of imidazole rings is 1. The van der Waals surface area contributed by atoms with Crippen LogP contribution in [0.25, 0.3) is 5.65 Å². The maximum atomic E-state index is 14.2. The van der Waals surface area contributed by atoms with Crippen molar-refractivity contribution in [2.75, 3.05) is 4.31 Å². The maximum Gasteiger partial charge on any atom is 0.419 e. The molecule has 0 spiro atoms. The molecule has 172 valence electrons. The van der Waals surface area contributed by atoms with Gasteiger partial charge in [0, 0.05) is 6.20 Å². The largest absolute Gasteiger partial charge is 0.419 e. The zero-order chi connectivity index (χ0) is 24.0. The van der Waals surface area contributed by atoms with Crippen molar-refractivity contribution >= 4 is 33.1 Å². The molecule has 0 saturated heterocycles. The Bertz CT molecular complexity index is 1440. The lowest BCUT2D eigenvalue weighted by molar-refractivity contribution is -0.140. The maximum absolute atomic E-state index is 14.2. The van der Waals surface area contributed by atoms with Crippen molar-refractivity contribution in [3.05, 3.63) is 94.5 Å². The fraction of sp³-hybridized carbons (Fsp3) is 0.136. The Balaban J connectivity index is 1.86. The van der Waals surface area contributed by atoms with E-state index in [0.29, 0.717) is 17.8 Å². The number of hydrogen-bond donors (Lipinski definition) is 0. The summed E-state index contributed by atoms with van der Waals surface area (Å²) in [5, 5.41) is -0.0133. The van der Waals surface area contributed by atoms with Gasteiger partial charge in [-0.2, -0.15) is 13.2 Å². The molecule has 0 aliphatic rings. The third kappa shape index (κ3) is 4.40. The van der Waals surface area contributed by atoms with Gasteiger partial charge in [0.1, 0.15) is 11.5 Å². The molecular weight excluding hydrogens is 482 g/mol. The average molecular weight is 498 g/mol. The Morgan fingerprint density at radius 2 is 1.76 bits per heavy atom. The summed E-state index contributed by atoms with van der Waals surface area (Å²) >= 11 is 6.47. The van der Waals surface area contributed by atoms with Gasteiger partial charge in [-0.05, 0) is 48.4 Å². The molecule has 0 bridgehead atoms. The number of fused-ring (bicyclic) bond motifs is 1. The van der Waals surface area contributed by atoms with Gasteiger partial charge in [-0.25, -0.2) is 22.1 Å². The predicted molar refractivity (Wildman–Crippen MR) is 116 cm³/mol. The van der Waals surface area contributed by atoms with Gasteiger partial charge < -0.3 is 0 Å². The van der Waals surface area contributed by atoms with Gasteiger partial charge in [-0.15, -0.1) is 0 Å². The van der Waals surface area contributed by atoms with Gasteiger partial charge in [-0.3, -0.25) is 4.40 Å². The molecule has 0 radical (unpaired) electrons. The average Bonchev–Trinajstić information content (AvgIpc) is 3.07. The molecule has 0 aliphatic heterocycles. The minimum atomic E-state index is -4.87. The Morgan fingerprint density at radius 1 is 1.06 bits per heavy atom. The Hall–Kier alpha value is -3.11. The highest BCUT2D eigenvalue weighted by molar-refractivity contribution is 7.92. The zero-order valence-corrected chi connectivity index (χ0v) is 18.6. The summed E-state index contributed by atoms with van der Waals surface area (Å²) in [6, 6.07) is 13.1. The van der Waals surface area contributed by atoms with Gasteiger partial charge in [0.25, 0.3) is 10.0 Å². The van der Waals surface area contributed by atoms with Crippen molar-refractivity contribution in [2.45, 2.75) is 24.5 Å². The van der Waals surface area contributed by atoms with Crippen molar-refractivity contribution in [3.8, 4) is 0 Å². The number of aromatic nitrogens is 2.